The van der Waals surface area contributed by atoms with E-state index in [0.29, 0.717) is 13.0 Å². The molecule has 2 N–H and O–H groups in total. The summed E-state index contributed by atoms with van der Waals surface area (Å²) in [5.41, 5.74) is 0.246. The molecule has 0 aliphatic carbocycles. The van der Waals surface area contributed by atoms with E-state index in [1.54, 1.807) is 4.90 Å². The maximum Gasteiger partial charge on any atom is 0.254 e. The number of carbonyl (C=O) groups is 2. The standard InChI is InChI=1S/C14H15FN2O3/c15-11-4-1-8(5-12(11)18)14(20)17-9-2-3-10(17)7-16-13(19)6-9/h1,4-5,9-10,18H,2-3,6-7H2,(H,16,19)/t9-,10+/m1/s1. The first-order valence-corrected chi connectivity index (χ1v) is 6.64. The molecule has 6 heteroatoms. The summed E-state index contributed by atoms with van der Waals surface area (Å²) in [7, 11) is 0. The van der Waals surface area contributed by atoms with Crippen LogP contribution in [0, 0.1) is 5.82 Å². The third-order valence-electron chi connectivity index (χ3n) is 4.00. The molecule has 1 aromatic rings. The highest BCUT2D eigenvalue weighted by Gasteiger charge is 2.40. The lowest BCUT2D eigenvalue weighted by Crippen LogP contribution is -2.42. The number of benzene rings is 1. The second-order valence-corrected chi connectivity index (χ2v) is 5.27. The van der Waals surface area contributed by atoms with Crippen molar-refractivity contribution >= 4 is 11.8 Å². The normalized spacial score (nSPS) is 25.2. The fourth-order valence-corrected chi connectivity index (χ4v) is 3.01. The van der Waals surface area contributed by atoms with Gasteiger partial charge in [0.25, 0.3) is 5.91 Å². The van der Waals surface area contributed by atoms with Crippen molar-refractivity contribution in [2.45, 2.75) is 31.3 Å². The van der Waals surface area contributed by atoms with E-state index >= 15 is 0 Å². The fourth-order valence-electron chi connectivity index (χ4n) is 3.01. The first-order valence-electron chi connectivity index (χ1n) is 6.64. The Morgan fingerprint density at radius 2 is 2.10 bits per heavy atom. The van der Waals surface area contributed by atoms with Gasteiger partial charge in [0.05, 0.1) is 0 Å². The number of nitrogens with zero attached hydrogens (tertiary/aromatic N) is 1. The Morgan fingerprint density at radius 1 is 1.35 bits per heavy atom. The van der Waals surface area contributed by atoms with Crippen molar-refractivity contribution in [1.29, 1.82) is 0 Å². The zero-order valence-corrected chi connectivity index (χ0v) is 10.8. The molecule has 2 fully saturated rings. The van der Waals surface area contributed by atoms with Crippen LogP contribution in [0.25, 0.3) is 0 Å². The quantitative estimate of drug-likeness (QED) is 0.806. The molecule has 3 rings (SSSR count). The molecule has 2 aliphatic rings. The molecule has 2 heterocycles. The lowest BCUT2D eigenvalue weighted by atomic mass is 10.1. The van der Waals surface area contributed by atoms with E-state index in [4.69, 9.17) is 0 Å². The number of halogens is 1. The molecular formula is C14H15FN2O3. The van der Waals surface area contributed by atoms with Gasteiger partial charge in [0, 0.05) is 30.6 Å². The Kier molecular flexibility index (Phi) is 3.08. The number of carbonyl (C=O) groups excluding carboxylic acids is 2. The Hall–Kier alpha value is -2.11. The molecule has 5 nitrogen and oxygen atoms in total. The van der Waals surface area contributed by atoms with E-state index in [2.05, 4.69) is 5.32 Å². The van der Waals surface area contributed by atoms with Crippen LogP contribution in [0.4, 0.5) is 4.39 Å². The number of rotatable bonds is 1. The van der Waals surface area contributed by atoms with E-state index in [9.17, 15) is 19.1 Å². The van der Waals surface area contributed by atoms with Gasteiger partial charge in [-0.05, 0) is 31.0 Å². The average molecular weight is 278 g/mol. The molecule has 0 saturated carbocycles. The molecule has 2 atom stereocenters. The second kappa shape index (κ2) is 4.77. The highest BCUT2D eigenvalue weighted by molar-refractivity contribution is 5.96. The molecule has 20 heavy (non-hydrogen) atoms. The van der Waals surface area contributed by atoms with E-state index in [0.717, 1.165) is 25.0 Å². The van der Waals surface area contributed by atoms with Gasteiger partial charge in [0.1, 0.15) is 0 Å². The number of phenolic OH excluding ortho intramolecular Hbond substituents is 1. The van der Waals surface area contributed by atoms with Gasteiger partial charge in [0.15, 0.2) is 11.6 Å². The minimum absolute atomic E-state index is 0.0221. The van der Waals surface area contributed by atoms with Crippen LogP contribution in [0.5, 0.6) is 5.75 Å². The van der Waals surface area contributed by atoms with Gasteiger partial charge >= 0.3 is 0 Å². The van der Waals surface area contributed by atoms with Gasteiger partial charge in [-0.2, -0.15) is 0 Å². The minimum atomic E-state index is -0.753. The lowest BCUT2D eigenvalue weighted by Gasteiger charge is -2.27. The Balaban J connectivity index is 1.89. The molecule has 0 unspecified atom stereocenters. The first kappa shape index (κ1) is 12.9. The molecule has 106 valence electrons. The van der Waals surface area contributed by atoms with Crippen LogP contribution < -0.4 is 5.32 Å². The number of aromatic hydroxyl groups is 1. The summed E-state index contributed by atoms with van der Waals surface area (Å²) < 4.78 is 13.1. The van der Waals surface area contributed by atoms with E-state index in [1.165, 1.54) is 6.07 Å². The van der Waals surface area contributed by atoms with Gasteiger partial charge in [-0.25, -0.2) is 4.39 Å². The van der Waals surface area contributed by atoms with Crippen LogP contribution in [-0.2, 0) is 4.79 Å². The molecule has 0 aromatic heterocycles. The Bertz CT molecular complexity index is 576. The summed E-state index contributed by atoms with van der Waals surface area (Å²) in [4.78, 5) is 25.8. The predicted octanol–water partition coefficient (Wildman–Crippen LogP) is 1.02. The van der Waals surface area contributed by atoms with Gasteiger partial charge in [0.2, 0.25) is 5.91 Å². The summed E-state index contributed by atoms with van der Waals surface area (Å²) in [6.45, 7) is 0.453. The van der Waals surface area contributed by atoms with Crippen molar-refractivity contribution < 1.29 is 19.1 Å². The second-order valence-electron chi connectivity index (χ2n) is 5.27. The molecular weight excluding hydrogens is 263 g/mol. The third kappa shape index (κ3) is 2.11. The van der Waals surface area contributed by atoms with Gasteiger partial charge < -0.3 is 15.3 Å². The van der Waals surface area contributed by atoms with Crippen molar-refractivity contribution in [3.05, 3.63) is 29.6 Å². The molecule has 0 radical (unpaired) electrons. The van der Waals surface area contributed by atoms with Crippen LogP contribution in [0.15, 0.2) is 18.2 Å². The van der Waals surface area contributed by atoms with E-state index in [1.807, 2.05) is 0 Å². The highest BCUT2D eigenvalue weighted by atomic mass is 19.1. The zero-order chi connectivity index (χ0) is 14.3. The van der Waals surface area contributed by atoms with Crippen molar-refractivity contribution in [1.82, 2.24) is 10.2 Å². The van der Waals surface area contributed by atoms with Crippen molar-refractivity contribution in [2.75, 3.05) is 6.54 Å². The highest BCUT2D eigenvalue weighted by Crippen LogP contribution is 2.30. The summed E-state index contributed by atoms with van der Waals surface area (Å²) in [5.74, 6) is -1.59. The molecule has 2 aliphatic heterocycles. The number of amides is 2. The van der Waals surface area contributed by atoms with Crippen LogP contribution in [0.1, 0.15) is 29.6 Å². The molecule has 0 spiro atoms. The molecule has 1 aromatic carbocycles. The van der Waals surface area contributed by atoms with Crippen LogP contribution in [0.3, 0.4) is 0 Å². The Morgan fingerprint density at radius 3 is 2.85 bits per heavy atom. The number of hydrogen-bond donors (Lipinski definition) is 2. The number of nitrogens with one attached hydrogen (secondary N) is 1. The smallest absolute Gasteiger partial charge is 0.254 e. The number of hydrogen-bond acceptors (Lipinski definition) is 3. The Labute approximate surface area is 115 Å². The van der Waals surface area contributed by atoms with Crippen molar-refractivity contribution in [3.63, 3.8) is 0 Å². The number of phenols is 1. The van der Waals surface area contributed by atoms with Crippen LogP contribution in [0.2, 0.25) is 0 Å². The summed E-state index contributed by atoms with van der Waals surface area (Å²) in [6, 6.07) is 3.44. The van der Waals surface area contributed by atoms with Gasteiger partial charge in [-0.15, -0.1) is 0 Å². The fraction of sp³-hybridized carbons (Fsp3) is 0.429. The van der Waals surface area contributed by atoms with E-state index in [-0.39, 0.29) is 29.5 Å². The minimum Gasteiger partial charge on any atom is -0.505 e. The first-order chi connectivity index (χ1) is 9.56. The lowest BCUT2D eigenvalue weighted by molar-refractivity contribution is -0.121. The van der Waals surface area contributed by atoms with Crippen molar-refractivity contribution in [3.8, 4) is 5.75 Å². The number of fused-ring (bicyclic) bond motifs is 2. The summed E-state index contributed by atoms with van der Waals surface area (Å²) in [6.07, 6.45) is 1.95. The topological polar surface area (TPSA) is 69.6 Å². The monoisotopic (exact) mass is 278 g/mol. The summed E-state index contributed by atoms with van der Waals surface area (Å²) >= 11 is 0. The maximum absolute atomic E-state index is 13.1. The van der Waals surface area contributed by atoms with Gasteiger partial charge in [-0.1, -0.05) is 0 Å². The maximum atomic E-state index is 13.1. The molecule has 2 saturated heterocycles. The largest absolute Gasteiger partial charge is 0.505 e. The third-order valence-corrected chi connectivity index (χ3v) is 4.00. The van der Waals surface area contributed by atoms with E-state index < -0.39 is 11.6 Å². The zero-order valence-electron chi connectivity index (χ0n) is 10.8. The molecule has 2 bridgehead atoms. The average Bonchev–Trinajstić information content (AvgIpc) is 2.72. The molecule has 2 amide bonds. The van der Waals surface area contributed by atoms with Crippen molar-refractivity contribution in [2.24, 2.45) is 0 Å². The SMILES string of the molecule is O=C1C[C@H]2CC[C@@H](CN1)N2C(=O)c1ccc(F)c(O)c1. The van der Waals surface area contributed by atoms with Crippen LogP contribution >= 0.6 is 0 Å². The van der Waals surface area contributed by atoms with Gasteiger partial charge in [-0.3, -0.25) is 9.59 Å². The predicted molar refractivity (Wildman–Crippen MR) is 68.7 cm³/mol. The summed E-state index contributed by atoms with van der Waals surface area (Å²) in [5, 5.41) is 12.2. The van der Waals surface area contributed by atoms with Crippen LogP contribution in [-0.4, -0.2) is 40.4 Å².